The lowest BCUT2D eigenvalue weighted by molar-refractivity contribution is 0.449. The quantitative estimate of drug-likeness (QED) is 0.0380. The van der Waals surface area contributed by atoms with Crippen molar-refractivity contribution in [2.24, 2.45) is 10.2 Å². The minimum absolute atomic E-state index is 0.00207. The summed E-state index contributed by atoms with van der Waals surface area (Å²) in [5, 5.41) is 11.4. The number of ether oxygens (including phenoxy) is 1. The average molecular weight is 755 g/mol. The van der Waals surface area contributed by atoms with E-state index in [-0.39, 0.29) is 27.7 Å². The van der Waals surface area contributed by atoms with Crippen LogP contribution in [0.15, 0.2) is 97.6 Å². The monoisotopic (exact) mass is 754 g/mol. The molecule has 4 aromatic rings. The van der Waals surface area contributed by atoms with E-state index in [0.29, 0.717) is 17.9 Å². The van der Waals surface area contributed by atoms with Crippen molar-refractivity contribution in [1.29, 1.82) is 0 Å². The van der Waals surface area contributed by atoms with Gasteiger partial charge in [-0.05, 0) is 67.4 Å². The van der Waals surface area contributed by atoms with Gasteiger partial charge < -0.3 is 4.74 Å². The van der Waals surface area contributed by atoms with E-state index in [1.165, 1.54) is 107 Å². The second kappa shape index (κ2) is 20.2. The summed E-state index contributed by atoms with van der Waals surface area (Å²) in [7, 11) is -9.15. The zero-order valence-electron chi connectivity index (χ0n) is 29.7. The molecule has 0 aliphatic heterocycles. The Morgan fingerprint density at radius 1 is 0.673 bits per heavy atom. The van der Waals surface area contributed by atoms with Crippen molar-refractivity contribution in [1.82, 2.24) is 9.78 Å². The van der Waals surface area contributed by atoms with E-state index in [1.807, 2.05) is 0 Å². The standard InChI is InChI=1S/C38H50N4O8S2/c1-2-3-4-5-6-7-8-9-10-11-12-13-14-15-19-22-34-37(40-39-30-23-26-33(27-24-30)51(44,45)46)38(43)42(41-34)31-25-28-35(36(29-31)52(47,48)49)50-32-20-17-16-18-21-32/h16-18,20-21,23-29,41H,2-15,19,22H2,1H3,(H,44,45,46)(H,47,48,49). The molecule has 12 nitrogen and oxygen atoms in total. The van der Waals surface area contributed by atoms with Gasteiger partial charge in [-0.2, -0.15) is 21.9 Å². The van der Waals surface area contributed by atoms with Crippen LogP contribution in [0.5, 0.6) is 11.5 Å². The fourth-order valence-corrected chi connectivity index (χ4v) is 7.05. The molecule has 1 aromatic heterocycles. The normalized spacial score (nSPS) is 12.1. The fourth-order valence-electron chi connectivity index (χ4n) is 5.94. The van der Waals surface area contributed by atoms with Crippen molar-refractivity contribution in [2.75, 3.05) is 0 Å². The Morgan fingerprint density at radius 2 is 1.23 bits per heavy atom. The van der Waals surface area contributed by atoms with Gasteiger partial charge in [0.15, 0.2) is 5.69 Å². The maximum absolute atomic E-state index is 13.7. The summed E-state index contributed by atoms with van der Waals surface area (Å²) >= 11 is 0. The van der Waals surface area contributed by atoms with Gasteiger partial charge in [-0.15, -0.1) is 5.11 Å². The molecular formula is C38H50N4O8S2. The number of hydrogen-bond donors (Lipinski definition) is 3. The van der Waals surface area contributed by atoms with Gasteiger partial charge in [-0.1, -0.05) is 115 Å². The first-order chi connectivity index (χ1) is 25.0. The molecule has 282 valence electrons. The SMILES string of the molecule is CCCCCCCCCCCCCCCCCc1[nH]n(-c2ccc(Oc3ccccc3)c(S(=O)(=O)O)c2)c(=O)c1N=Nc1ccc(S(=O)(=O)O)cc1. The molecule has 3 aromatic carbocycles. The predicted molar refractivity (Wildman–Crippen MR) is 202 cm³/mol. The zero-order chi connectivity index (χ0) is 37.4. The number of nitrogens with zero attached hydrogens (tertiary/aromatic N) is 3. The Morgan fingerprint density at radius 3 is 1.77 bits per heavy atom. The van der Waals surface area contributed by atoms with Crippen LogP contribution in [0.4, 0.5) is 11.4 Å². The second-order valence-electron chi connectivity index (χ2n) is 13.0. The first kappa shape index (κ1) is 40.7. The summed E-state index contributed by atoms with van der Waals surface area (Å²) in [4.78, 5) is 12.9. The summed E-state index contributed by atoms with van der Waals surface area (Å²) in [6, 6.07) is 17.5. The predicted octanol–water partition coefficient (Wildman–Crippen LogP) is 10.3. The number of unbranched alkanes of at least 4 members (excludes halogenated alkanes) is 14. The summed E-state index contributed by atoms with van der Waals surface area (Å²) in [6.45, 7) is 2.24. The van der Waals surface area contributed by atoms with Crippen LogP contribution in [-0.4, -0.2) is 35.7 Å². The Labute approximate surface area is 306 Å². The van der Waals surface area contributed by atoms with Crippen molar-refractivity contribution < 1.29 is 30.7 Å². The molecule has 3 N–H and O–H groups in total. The molecule has 14 heteroatoms. The number of H-pyrrole nitrogens is 1. The highest BCUT2D eigenvalue weighted by atomic mass is 32.2. The molecule has 0 radical (unpaired) electrons. The summed E-state index contributed by atoms with van der Waals surface area (Å²) in [5.74, 6) is 0.235. The fraction of sp³-hybridized carbons (Fsp3) is 0.447. The van der Waals surface area contributed by atoms with E-state index in [4.69, 9.17) is 4.74 Å². The molecule has 0 bridgehead atoms. The maximum Gasteiger partial charge on any atom is 0.299 e. The van der Waals surface area contributed by atoms with Gasteiger partial charge >= 0.3 is 0 Å². The summed E-state index contributed by atoms with van der Waals surface area (Å²) < 4.78 is 73.8. The van der Waals surface area contributed by atoms with E-state index in [9.17, 15) is 30.7 Å². The van der Waals surface area contributed by atoms with Crippen LogP contribution in [0.1, 0.15) is 109 Å². The van der Waals surface area contributed by atoms with Crippen molar-refractivity contribution in [3.05, 3.63) is 88.8 Å². The van der Waals surface area contributed by atoms with E-state index in [1.54, 1.807) is 30.3 Å². The minimum atomic E-state index is -4.76. The van der Waals surface area contributed by atoms with Gasteiger partial charge in [0.05, 0.1) is 22.0 Å². The Balaban J connectivity index is 1.44. The Kier molecular flexibility index (Phi) is 15.8. The topological polar surface area (TPSA) is 180 Å². The molecule has 0 aliphatic carbocycles. The van der Waals surface area contributed by atoms with Crippen LogP contribution in [0.25, 0.3) is 5.69 Å². The molecule has 0 aliphatic rings. The lowest BCUT2D eigenvalue weighted by Crippen LogP contribution is -2.15. The summed E-state index contributed by atoms with van der Waals surface area (Å²) in [6.07, 6.45) is 18.7. The first-order valence-electron chi connectivity index (χ1n) is 18.2. The van der Waals surface area contributed by atoms with E-state index in [2.05, 4.69) is 22.3 Å². The van der Waals surface area contributed by atoms with E-state index < -0.39 is 30.7 Å². The molecule has 0 saturated carbocycles. The molecule has 0 fully saturated rings. The number of aromatic nitrogens is 2. The molecule has 0 amide bonds. The molecule has 1 heterocycles. The lowest BCUT2D eigenvalue weighted by Gasteiger charge is -2.11. The van der Waals surface area contributed by atoms with Crippen LogP contribution in [0.3, 0.4) is 0 Å². The molecule has 4 rings (SSSR count). The van der Waals surface area contributed by atoms with Crippen LogP contribution < -0.4 is 10.3 Å². The number of nitrogens with one attached hydrogen (secondary N) is 1. The molecule has 0 spiro atoms. The molecular weight excluding hydrogens is 705 g/mol. The third kappa shape index (κ3) is 12.8. The smallest absolute Gasteiger partial charge is 0.299 e. The lowest BCUT2D eigenvalue weighted by atomic mass is 10.0. The van der Waals surface area contributed by atoms with Crippen molar-refractivity contribution >= 4 is 31.6 Å². The molecule has 52 heavy (non-hydrogen) atoms. The van der Waals surface area contributed by atoms with Gasteiger partial charge in [0, 0.05) is 0 Å². The molecule has 0 atom stereocenters. The van der Waals surface area contributed by atoms with Crippen LogP contribution in [0, 0.1) is 0 Å². The number of aromatic amines is 1. The number of azo groups is 1. The van der Waals surface area contributed by atoms with Crippen molar-refractivity contribution in [3.8, 4) is 17.2 Å². The van der Waals surface area contributed by atoms with Crippen LogP contribution in [0.2, 0.25) is 0 Å². The van der Waals surface area contributed by atoms with Crippen molar-refractivity contribution in [2.45, 2.75) is 119 Å². The van der Waals surface area contributed by atoms with Gasteiger partial charge in [0.2, 0.25) is 0 Å². The number of rotatable bonds is 23. The number of hydrogen-bond acceptors (Lipinski definition) is 8. The van der Waals surface area contributed by atoms with E-state index >= 15 is 0 Å². The van der Waals surface area contributed by atoms with Crippen molar-refractivity contribution in [3.63, 3.8) is 0 Å². The first-order valence-corrected chi connectivity index (χ1v) is 21.0. The summed E-state index contributed by atoms with van der Waals surface area (Å²) in [5.41, 5.74) is 0.244. The maximum atomic E-state index is 13.7. The van der Waals surface area contributed by atoms with Crippen LogP contribution >= 0.6 is 0 Å². The number of benzene rings is 3. The molecule has 0 unspecified atom stereocenters. The highest BCUT2D eigenvalue weighted by molar-refractivity contribution is 7.86. The van der Waals surface area contributed by atoms with Gasteiger partial charge in [0.1, 0.15) is 16.4 Å². The third-order valence-electron chi connectivity index (χ3n) is 8.80. The average Bonchev–Trinajstić information content (AvgIpc) is 3.43. The Bertz CT molecular complexity index is 2010. The van der Waals surface area contributed by atoms with Gasteiger partial charge in [-0.3, -0.25) is 19.0 Å². The van der Waals surface area contributed by atoms with Crippen LogP contribution in [-0.2, 0) is 26.7 Å². The largest absolute Gasteiger partial charge is 0.456 e. The Hall–Kier alpha value is -4.11. The zero-order valence-corrected chi connectivity index (χ0v) is 31.4. The highest BCUT2D eigenvalue weighted by Crippen LogP contribution is 2.31. The van der Waals surface area contributed by atoms with Gasteiger partial charge in [0.25, 0.3) is 25.8 Å². The number of para-hydroxylation sites is 1. The molecule has 0 saturated heterocycles. The minimum Gasteiger partial charge on any atom is -0.456 e. The van der Waals surface area contributed by atoms with E-state index in [0.717, 1.165) is 36.4 Å². The number of aryl methyl sites for hydroxylation is 1. The highest BCUT2D eigenvalue weighted by Gasteiger charge is 2.22. The van der Waals surface area contributed by atoms with Gasteiger partial charge in [-0.25, -0.2) is 4.68 Å². The third-order valence-corrected chi connectivity index (χ3v) is 10.5. The second-order valence-corrected chi connectivity index (χ2v) is 15.8.